The molecule has 27 heavy (non-hydrogen) atoms. The van der Waals surface area contributed by atoms with Crippen LogP contribution in [0.15, 0.2) is 54.7 Å². The Kier molecular flexibility index (Phi) is 4.41. The van der Waals surface area contributed by atoms with E-state index in [9.17, 15) is 13.6 Å². The molecule has 2 aromatic carbocycles. The molecule has 0 saturated heterocycles. The summed E-state index contributed by atoms with van der Waals surface area (Å²) in [7, 11) is 0. The van der Waals surface area contributed by atoms with Crippen molar-refractivity contribution in [2.45, 2.75) is 19.0 Å². The van der Waals surface area contributed by atoms with Crippen molar-refractivity contribution in [3.05, 3.63) is 88.7 Å². The molecule has 0 spiro atoms. The monoisotopic (exact) mass is 365 g/mol. The van der Waals surface area contributed by atoms with Crippen molar-refractivity contribution < 1.29 is 13.6 Å². The van der Waals surface area contributed by atoms with Gasteiger partial charge in [0.15, 0.2) is 0 Å². The maximum atomic E-state index is 13.5. The van der Waals surface area contributed by atoms with Crippen LogP contribution in [0.5, 0.6) is 0 Å². The van der Waals surface area contributed by atoms with Gasteiger partial charge >= 0.3 is 0 Å². The second-order valence-electron chi connectivity index (χ2n) is 6.58. The summed E-state index contributed by atoms with van der Waals surface area (Å²) >= 11 is 0. The van der Waals surface area contributed by atoms with Crippen LogP contribution in [0.4, 0.5) is 8.78 Å². The van der Waals surface area contributed by atoms with Crippen molar-refractivity contribution >= 4 is 5.91 Å². The topological polar surface area (TPSA) is 68.0 Å². The zero-order chi connectivity index (χ0) is 19.0. The highest BCUT2D eigenvalue weighted by Gasteiger charge is 2.21. The number of carbonyl (C=O) groups is 1. The average molecular weight is 365 g/mol. The van der Waals surface area contributed by atoms with Crippen LogP contribution in [0, 0.1) is 11.6 Å². The van der Waals surface area contributed by atoms with Gasteiger partial charge in [0.1, 0.15) is 11.6 Å². The number of nitrogens with zero attached hydrogens (tertiary/aromatic N) is 1. The number of amides is 1. The Balaban J connectivity index is 1.68. The van der Waals surface area contributed by atoms with Crippen molar-refractivity contribution in [1.82, 2.24) is 10.3 Å². The summed E-state index contributed by atoms with van der Waals surface area (Å²) in [5, 5.41) is 2.79. The number of halogens is 2. The van der Waals surface area contributed by atoms with E-state index in [1.165, 1.54) is 12.1 Å². The van der Waals surface area contributed by atoms with Crippen molar-refractivity contribution in [1.29, 1.82) is 0 Å². The molecule has 0 fully saturated rings. The number of hydrogen-bond donors (Lipinski definition) is 2. The van der Waals surface area contributed by atoms with Crippen molar-refractivity contribution in [3.63, 3.8) is 0 Å². The van der Waals surface area contributed by atoms with Gasteiger partial charge in [-0.3, -0.25) is 9.78 Å². The molecule has 1 atom stereocenters. The van der Waals surface area contributed by atoms with E-state index in [1.54, 1.807) is 12.3 Å². The van der Waals surface area contributed by atoms with Crippen molar-refractivity contribution in [3.8, 4) is 11.1 Å². The second-order valence-corrected chi connectivity index (χ2v) is 6.58. The number of nitrogens with two attached hydrogens (primary N) is 1. The number of pyridine rings is 1. The highest BCUT2D eigenvalue weighted by atomic mass is 19.1. The van der Waals surface area contributed by atoms with E-state index in [2.05, 4.69) is 10.3 Å². The molecular weight excluding hydrogens is 348 g/mol. The minimum absolute atomic E-state index is 0.0761. The summed E-state index contributed by atoms with van der Waals surface area (Å²) in [6.45, 7) is 0.492. The molecule has 4 nitrogen and oxygen atoms in total. The molecule has 4 rings (SSSR count). The lowest BCUT2D eigenvalue weighted by Gasteiger charge is -2.16. The molecule has 3 N–H and O–H groups in total. The van der Waals surface area contributed by atoms with E-state index in [-0.39, 0.29) is 12.3 Å². The summed E-state index contributed by atoms with van der Waals surface area (Å²) in [5.74, 6) is -1.34. The first kappa shape index (κ1) is 17.3. The zero-order valence-electron chi connectivity index (χ0n) is 14.4. The van der Waals surface area contributed by atoms with E-state index in [0.717, 1.165) is 22.8 Å². The van der Waals surface area contributed by atoms with Crippen LogP contribution in [-0.4, -0.2) is 10.9 Å². The lowest BCUT2D eigenvalue weighted by molar-refractivity contribution is 0.0966. The van der Waals surface area contributed by atoms with Gasteiger partial charge < -0.3 is 11.1 Å². The summed E-state index contributed by atoms with van der Waals surface area (Å²) in [6.07, 6.45) is 1.90. The van der Waals surface area contributed by atoms with Gasteiger partial charge in [0.25, 0.3) is 5.91 Å². The number of fused-ring (bicyclic) bond motifs is 1. The third-order valence-electron chi connectivity index (χ3n) is 4.67. The number of aromatic nitrogens is 1. The fraction of sp³-hybridized carbons (Fsp3) is 0.143. The molecule has 0 aliphatic carbocycles. The minimum atomic E-state index is -0.630. The molecule has 1 aromatic heterocycles. The maximum Gasteiger partial charge on any atom is 0.251 e. The van der Waals surface area contributed by atoms with Gasteiger partial charge in [-0.15, -0.1) is 0 Å². The lowest BCUT2D eigenvalue weighted by atomic mass is 9.94. The van der Waals surface area contributed by atoms with Crippen LogP contribution < -0.4 is 11.1 Å². The number of nitrogens with one attached hydrogen (secondary N) is 1. The van der Waals surface area contributed by atoms with Gasteiger partial charge in [-0.05, 0) is 53.4 Å². The molecule has 0 bridgehead atoms. The number of hydrogen-bond acceptors (Lipinski definition) is 3. The van der Waals surface area contributed by atoms with Crippen LogP contribution in [0.25, 0.3) is 11.1 Å². The average Bonchev–Trinajstić information content (AvgIpc) is 3.01. The van der Waals surface area contributed by atoms with Gasteiger partial charge in [-0.25, -0.2) is 8.78 Å². The Hall–Kier alpha value is -3.12. The smallest absolute Gasteiger partial charge is 0.251 e. The Morgan fingerprint density at radius 1 is 1.07 bits per heavy atom. The molecule has 0 saturated carbocycles. The molecule has 1 amide bonds. The largest absolute Gasteiger partial charge is 0.348 e. The van der Waals surface area contributed by atoms with Crippen molar-refractivity contribution in [2.75, 3.05) is 0 Å². The zero-order valence-corrected chi connectivity index (χ0v) is 14.4. The molecular formula is C21H17F2N3O. The van der Waals surface area contributed by atoms with E-state index in [0.29, 0.717) is 23.4 Å². The Morgan fingerprint density at radius 3 is 2.63 bits per heavy atom. The third kappa shape index (κ3) is 3.44. The summed E-state index contributed by atoms with van der Waals surface area (Å²) < 4.78 is 26.9. The SMILES string of the molecule is NC(Cc1cc(F)cc(F)c1)c1ncccc1-c1ccc2c(c1)CNC2=O. The third-order valence-corrected chi connectivity index (χ3v) is 4.67. The molecule has 3 aromatic rings. The minimum Gasteiger partial charge on any atom is -0.348 e. The van der Waals surface area contributed by atoms with Gasteiger partial charge in [0.05, 0.1) is 11.7 Å². The normalized spacial score (nSPS) is 14.0. The van der Waals surface area contributed by atoms with Crippen LogP contribution in [0.2, 0.25) is 0 Å². The van der Waals surface area contributed by atoms with Gasteiger partial charge in [0, 0.05) is 29.9 Å². The highest BCUT2D eigenvalue weighted by Crippen LogP contribution is 2.30. The number of benzene rings is 2. The van der Waals surface area contributed by atoms with Crippen LogP contribution in [0.3, 0.4) is 0 Å². The van der Waals surface area contributed by atoms with Crippen LogP contribution >= 0.6 is 0 Å². The quantitative estimate of drug-likeness (QED) is 0.743. The van der Waals surface area contributed by atoms with E-state index < -0.39 is 17.7 Å². The van der Waals surface area contributed by atoms with E-state index >= 15 is 0 Å². The van der Waals surface area contributed by atoms with Gasteiger partial charge in [-0.1, -0.05) is 12.1 Å². The summed E-state index contributed by atoms with van der Waals surface area (Å²) in [5.41, 5.74) is 10.8. The number of carbonyl (C=O) groups excluding carboxylic acids is 1. The molecule has 1 unspecified atom stereocenters. The van der Waals surface area contributed by atoms with Gasteiger partial charge in [0.2, 0.25) is 0 Å². The Labute approximate surface area is 155 Å². The molecule has 2 heterocycles. The predicted molar refractivity (Wildman–Crippen MR) is 97.8 cm³/mol. The summed E-state index contributed by atoms with van der Waals surface area (Å²) in [4.78, 5) is 16.2. The van der Waals surface area contributed by atoms with Crippen molar-refractivity contribution in [2.24, 2.45) is 5.73 Å². The highest BCUT2D eigenvalue weighted by molar-refractivity contribution is 5.98. The second kappa shape index (κ2) is 6.89. The first-order valence-corrected chi connectivity index (χ1v) is 8.58. The Bertz CT molecular complexity index is 1020. The molecule has 136 valence electrons. The lowest BCUT2D eigenvalue weighted by Crippen LogP contribution is -2.16. The van der Waals surface area contributed by atoms with Crippen LogP contribution in [-0.2, 0) is 13.0 Å². The fourth-order valence-corrected chi connectivity index (χ4v) is 3.44. The Morgan fingerprint density at radius 2 is 1.85 bits per heavy atom. The predicted octanol–water partition coefficient (Wildman–Crippen LogP) is 3.51. The first-order chi connectivity index (χ1) is 13.0. The maximum absolute atomic E-state index is 13.5. The molecule has 6 heteroatoms. The molecule has 1 aliphatic rings. The fourth-order valence-electron chi connectivity index (χ4n) is 3.44. The van der Waals surface area contributed by atoms with Crippen LogP contribution in [0.1, 0.15) is 33.2 Å². The summed E-state index contributed by atoms with van der Waals surface area (Å²) in [6, 6.07) is 12.2. The van der Waals surface area contributed by atoms with Gasteiger partial charge in [-0.2, -0.15) is 0 Å². The molecule has 1 aliphatic heterocycles. The number of rotatable bonds is 4. The standard InChI is InChI=1S/C21H17F2N3O/c22-15-6-12(7-16(23)10-15)8-19(24)20-17(2-1-5-25-20)13-3-4-18-14(9-13)11-26-21(18)27/h1-7,9-10,19H,8,11,24H2,(H,26,27). The van der Waals surface area contributed by atoms with E-state index in [4.69, 9.17) is 5.73 Å². The molecule has 0 radical (unpaired) electrons. The van der Waals surface area contributed by atoms with E-state index in [1.807, 2.05) is 24.3 Å². The first-order valence-electron chi connectivity index (χ1n) is 8.58.